The van der Waals surface area contributed by atoms with Gasteiger partial charge in [-0.15, -0.1) is 0 Å². The summed E-state index contributed by atoms with van der Waals surface area (Å²) >= 11 is 0. The van der Waals surface area contributed by atoms with Crippen LogP contribution < -0.4 is 9.96 Å². The maximum atomic E-state index is 13.4. The van der Waals surface area contributed by atoms with Gasteiger partial charge in [0.25, 0.3) is 11.6 Å². The molecule has 0 aliphatic carbocycles. The van der Waals surface area contributed by atoms with Crippen molar-refractivity contribution in [3.63, 3.8) is 0 Å². The highest BCUT2D eigenvalue weighted by atomic mass is 16.7. The van der Waals surface area contributed by atoms with Crippen LogP contribution in [-0.2, 0) is 14.4 Å². The van der Waals surface area contributed by atoms with Gasteiger partial charge in [0.2, 0.25) is 5.91 Å². The molecule has 5 rings (SSSR count). The molecule has 0 spiro atoms. The van der Waals surface area contributed by atoms with Gasteiger partial charge in [-0.2, -0.15) is 0 Å². The number of nitrogens with zero attached hydrogens (tertiary/aromatic N) is 3. The largest absolute Gasteiger partial charge is 0.273 e. The number of para-hydroxylation sites is 2. The SMILES string of the molecule is O=C1C2ON(c3ccccc3)C(c3ccc([N+](=O)[O-])cc3)C2C(=O)N1c1ccccc1. The molecule has 2 aliphatic heterocycles. The normalized spacial score (nSPS) is 22.6. The van der Waals surface area contributed by atoms with Gasteiger partial charge in [-0.05, 0) is 29.8 Å². The average molecular weight is 415 g/mol. The number of hydroxylamine groups is 1. The zero-order valence-electron chi connectivity index (χ0n) is 16.2. The van der Waals surface area contributed by atoms with Crippen LogP contribution in [0, 0.1) is 16.0 Å². The number of nitro benzene ring substituents is 1. The third-order valence-corrected chi connectivity index (χ3v) is 5.59. The maximum Gasteiger partial charge on any atom is 0.269 e. The Morgan fingerprint density at radius 2 is 1.35 bits per heavy atom. The zero-order chi connectivity index (χ0) is 21.5. The van der Waals surface area contributed by atoms with Crippen molar-refractivity contribution in [3.8, 4) is 0 Å². The number of imide groups is 1. The van der Waals surface area contributed by atoms with E-state index in [1.807, 2.05) is 36.4 Å². The van der Waals surface area contributed by atoms with E-state index in [9.17, 15) is 19.7 Å². The summed E-state index contributed by atoms with van der Waals surface area (Å²) in [6.07, 6.45) is -0.979. The monoisotopic (exact) mass is 415 g/mol. The van der Waals surface area contributed by atoms with Gasteiger partial charge in [0.05, 0.1) is 22.3 Å². The number of carbonyl (C=O) groups excluding carboxylic acids is 2. The fourth-order valence-electron chi connectivity index (χ4n) is 4.18. The van der Waals surface area contributed by atoms with E-state index >= 15 is 0 Å². The highest BCUT2D eigenvalue weighted by molar-refractivity contribution is 6.23. The van der Waals surface area contributed by atoms with Crippen molar-refractivity contribution in [2.75, 3.05) is 9.96 Å². The first kappa shape index (κ1) is 19.0. The van der Waals surface area contributed by atoms with Crippen LogP contribution in [0.5, 0.6) is 0 Å². The quantitative estimate of drug-likeness (QED) is 0.367. The number of rotatable bonds is 4. The van der Waals surface area contributed by atoms with Crippen LogP contribution in [0.25, 0.3) is 0 Å². The second-order valence-electron chi connectivity index (χ2n) is 7.35. The van der Waals surface area contributed by atoms with Gasteiger partial charge in [-0.3, -0.25) is 24.5 Å². The Labute approximate surface area is 177 Å². The van der Waals surface area contributed by atoms with Crippen LogP contribution in [0.15, 0.2) is 84.9 Å². The average Bonchev–Trinajstić information content (AvgIpc) is 3.31. The highest BCUT2D eigenvalue weighted by Gasteiger charge is 2.60. The molecule has 0 aromatic heterocycles. The van der Waals surface area contributed by atoms with Gasteiger partial charge in [0.1, 0.15) is 5.92 Å². The first-order chi connectivity index (χ1) is 15.1. The van der Waals surface area contributed by atoms with Crippen molar-refractivity contribution in [3.05, 3.63) is 101 Å². The Morgan fingerprint density at radius 3 is 1.94 bits per heavy atom. The fraction of sp³-hybridized carbons (Fsp3) is 0.130. The minimum atomic E-state index is -0.979. The van der Waals surface area contributed by atoms with Crippen LogP contribution in [0.1, 0.15) is 11.6 Å². The molecule has 2 amide bonds. The lowest BCUT2D eigenvalue weighted by atomic mass is 9.90. The van der Waals surface area contributed by atoms with E-state index in [4.69, 9.17) is 4.84 Å². The number of amides is 2. The smallest absolute Gasteiger partial charge is 0.269 e. The van der Waals surface area contributed by atoms with Crippen molar-refractivity contribution in [1.82, 2.24) is 0 Å². The second-order valence-corrected chi connectivity index (χ2v) is 7.35. The molecule has 0 radical (unpaired) electrons. The van der Waals surface area contributed by atoms with Gasteiger partial charge in [-0.25, -0.2) is 9.96 Å². The molecule has 2 heterocycles. The van der Waals surface area contributed by atoms with Gasteiger partial charge in [-0.1, -0.05) is 48.5 Å². The summed E-state index contributed by atoms with van der Waals surface area (Å²) in [5, 5.41) is 12.6. The lowest BCUT2D eigenvalue weighted by Gasteiger charge is -2.28. The molecule has 31 heavy (non-hydrogen) atoms. The molecule has 3 atom stereocenters. The van der Waals surface area contributed by atoms with Gasteiger partial charge < -0.3 is 0 Å². The summed E-state index contributed by atoms with van der Waals surface area (Å²) in [5.41, 5.74) is 1.78. The van der Waals surface area contributed by atoms with E-state index in [-0.39, 0.29) is 11.6 Å². The first-order valence-electron chi connectivity index (χ1n) is 9.74. The van der Waals surface area contributed by atoms with Crippen LogP contribution in [-0.4, -0.2) is 22.8 Å². The van der Waals surface area contributed by atoms with Crippen LogP contribution in [0.2, 0.25) is 0 Å². The Morgan fingerprint density at radius 1 is 0.774 bits per heavy atom. The molecule has 8 nitrogen and oxygen atoms in total. The van der Waals surface area contributed by atoms with E-state index in [0.29, 0.717) is 16.9 Å². The number of benzene rings is 3. The molecule has 3 aromatic carbocycles. The van der Waals surface area contributed by atoms with Crippen molar-refractivity contribution >= 4 is 28.9 Å². The Kier molecular flexibility index (Phi) is 4.48. The summed E-state index contributed by atoms with van der Waals surface area (Å²) in [7, 11) is 0. The lowest BCUT2D eigenvalue weighted by Crippen LogP contribution is -2.37. The van der Waals surface area contributed by atoms with E-state index in [2.05, 4.69) is 0 Å². The van der Waals surface area contributed by atoms with Gasteiger partial charge in [0.15, 0.2) is 6.10 Å². The zero-order valence-corrected chi connectivity index (χ0v) is 16.2. The predicted octanol–water partition coefficient (Wildman–Crippen LogP) is 3.65. The number of non-ortho nitro benzene ring substituents is 1. The van der Waals surface area contributed by atoms with Gasteiger partial charge in [0, 0.05) is 12.1 Å². The number of fused-ring (bicyclic) bond motifs is 1. The predicted molar refractivity (Wildman–Crippen MR) is 112 cm³/mol. The first-order valence-corrected chi connectivity index (χ1v) is 9.74. The molecular formula is C23H17N3O5. The van der Waals surface area contributed by atoms with Crippen molar-refractivity contribution in [1.29, 1.82) is 0 Å². The highest BCUT2D eigenvalue weighted by Crippen LogP contribution is 2.47. The molecule has 154 valence electrons. The van der Waals surface area contributed by atoms with Crippen LogP contribution >= 0.6 is 0 Å². The third-order valence-electron chi connectivity index (χ3n) is 5.59. The maximum absolute atomic E-state index is 13.4. The minimum Gasteiger partial charge on any atom is -0.273 e. The Hall–Kier alpha value is -4.04. The van der Waals surface area contributed by atoms with E-state index in [0.717, 1.165) is 4.90 Å². The molecule has 8 heteroatoms. The number of anilines is 2. The van der Waals surface area contributed by atoms with Crippen molar-refractivity contribution in [2.45, 2.75) is 12.1 Å². The standard InChI is InChI=1S/C23H17N3O5/c27-22-19-20(15-11-13-18(14-12-15)26(29)30)25(17-9-5-2-6-10-17)31-21(19)23(28)24(22)16-7-3-1-4-8-16/h1-14,19-21H. The summed E-state index contributed by atoms with van der Waals surface area (Å²) in [5.74, 6) is -1.57. The molecule has 2 saturated heterocycles. The van der Waals surface area contributed by atoms with Crippen molar-refractivity contribution < 1.29 is 19.3 Å². The topological polar surface area (TPSA) is 93.0 Å². The third kappa shape index (κ3) is 3.04. The van der Waals surface area contributed by atoms with Gasteiger partial charge >= 0.3 is 0 Å². The summed E-state index contributed by atoms with van der Waals surface area (Å²) in [4.78, 5) is 44.4. The van der Waals surface area contributed by atoms with Crippen molar-refractivity contribution in [2.24, 2.45) is 5.92 Å². The van der Waals surface area contributed by atoms with E-state index < -0.39 is 28.9 Å². The molecule has 3 aromatic rings. The molecule has 2 fully saturated rings. The molecular weight excluding hydrogens is 398 g/mol. The number of nitro groups is 1. The molecule has 3 unspecified atom stereocenters. The van der Waals surface area contributed by atoms with Crippen LogP contribution in [0.3, 0.4) is 0 Å². The number of hydrogen-bond donors (Lipinski definition) is 0. The second kappa shape index (κ2) is 7.33. The molecule has 2 aliphatic rings. The minimum absolute atomic E-state index is 0.0507. The molecule has 0 saturated carbocycles. The summed E-state index contributed by atoms with van der Waals surface area (Å²) in [6.45, 7) is 0. The molecule has 0 bridgehead atoms. The van der Waals surface area contributed by atoms with E-state index in [1.165, 1.54) is 12.1 Å². The summed E-state index contributed by atoms with van der Waals surface area (Å²) in [6, 6.07) is 23.3. The lowest BCUT2D eigenvalue weighted by molar-refractivity contribution is -0.384. The summed E-state index contributed by atoms with van der Waals surface area (Å²) < 4.78 is 0. The number of hydrogen-bond acceptors (Lipinski definition) is 6. The van der Waals surface area contributed by atoms with Crippen LogP contribution in [0.4, 0.5) is 17.1 Å². The fourth-order valence-corrected chi connectivity index (χ4v) is 4.18. The Balaban J connectivity index is 1.58. The number of carbonyl (C=O) groups is 2. The Bertz CT molecular complexity index is 1150. The van der Waals surface area contributed by atoms with E-state index in [1.54, 1.807) is 41.5 Å². The molecule has 0 N–H and O–H groups in total.